The predicted octanol–water partition coefficient (Wildman–Crippen LogP) is 1.09. The van der Waals surface area contributed by atoms with E-state index < -0.39 is 0 Å². The summed E-state index contributed by atoms with van der Waals surface area (Å²) in [5, 5.41) is 5.71. The summed E-state index contributed by atoms with van der Waals surface area (Å²) in [4.78, 5) is 23.3. The van der Waals surface area contributed by atoms with Crippen LogP contribution in [0.5, 0.6) is 0 Å². The topological polar surface area (TPSA) is 58.2 Å². The summed E-state index contributed by atoms with van der Waals surface area (Å²) in [6, 6.07) is 0. The molecule has 0 aromatic carbocycles. The number of allylic oxidation sites excluding steroid dienone is 2. The molecule has 0 spiro atoms. The molecule has 0 aliphatic heterocycles. The van der Waals surface area contributed by atoms with Gasteiger partial charge in [0.2, 0.25) is 11.8 Å². The van der Waals surface area contributed by atoms with E-state index in [1.807, 2.05) is 13.8 Å². The fourth-order valence-electron chi connectivity index (χ4n) is 2.79. The van der Waals surface area contributed by atoms with Crippen molar-refractivity contribution in [3.05, 3.63) is 12.2 Å². The minimum absolute atomic E-state index is 0.00333. The fourth-order valence-corrected chi connectivity index (χ4v) is 2.79. The molecule has 3 atom stereocenters. The van der Waals surface area contributed by atoms with Gasteiger partial charge in [-0.3, -0.25) is 9.59 Å². The standard InChI is InChI=1S/C14H22N2O2/c1-9(2)13(17)15-5-6-16-14(18)12-8-10-3-4-11(12)7-10/h3-4,9-12H,5-8H2,1-2H3,(H,15,17)(H,16,18). The zero-order chi connectivity index (χ0) is 13.1. The molecule has 2 aliphatic carbocycles. The monoisotopic (exact) mass is 250 g/mol. The van der Waals surface area contributed by atoms with E-state index in [0.717, 1.165) is 12.8 Å². The van der Waals surface area contributed by atoms with E-state index >= 15 is 0 Å². The molecular weight excluding hydrogens is 228 g/mol. The number of amides is 2. The van der Waals surface area contributed by atoms with E-state index in [9.17, 15) is 9.59 Å². The molecule has 0 aromatic rings. The highest BCUT2D eigenvalue weighted by Gasteiger charge is 2.39. The van der Waals surface area contributed by atoms with E-state index in [1.54, 1.807) is 0 Å². The quantitative estimate of drug-likeness (QED) is 0.567. The van der Waals surface area contributed by atoms with Crippen molar-refractivity contribution in [2.75, 3.05) is 13.1 Å². The summed E-state index contributed by atoms with van der Waals surface area (Å²) in [5.74, 6) is 1.39. The van der Waals surface area contributed by atoms with Gasteiger partial charge in [0.15, 0.2) is 0 Å². The van der Waals surface area contributed by atoms with Crippen LogP contribution in [-0.2, 0) is 9.59 Å². The normalized spacial score (nSPS) is 28.7. The molecule has 0 radical (unpaired) electrons. The first-order valence-corrected chi connectivity index (χ1v) is 6.81. The molecule has 2 N–H and O–H groups in total. The first-order valence-electron chi connectivity index (χ1n) is 6.81. The van der Waals surface area contributed by atoms with Crippen molar-refractivity contribution in [2.45, 2.75) is 26.7 Å². The number of carbonyl (C=O) groups excluding carboxylic acids is 2. The second kappa shape index (κ2) is 5.55. The van der Waals surface area contributed by atoms with Crippen LogP contribution < -0.4 is 10.6 Å². The lowest BCUT2D eigenvalue weighted by atomic mass is 9.93. The minimum Gasteiger partial charge on any atom is -0.354 e. The zero-order valence-corrected chi connectivity index (χ0v) is 11.1. The maximum Gasteiger partial charge on any atom is 0.223 e. The lowest BCUT2D eigenvalue weighted by Crippen LogP contribution is -2.39. The van der Waals surface area contributed by atoms with Gasteiger partial charge in [-0.15, -0.1) is 0 Å². The highest BCUT2D eigenvalue weighted by atomic mass is 16.2. The molecule has 0 aromatic heterocycles. The fraction of sp³-hybridized carbons (Fsp3) is 0.714. The third kappa shape index (κ3) is 2.92. The van der Waals surface area contributed by atoms with Crippen molar-refractivity contribution in [1.82, 2.24) is 10.6 Å². The van der Waals surface area contributed by atoms with Crippen LogP contribution >= 0.6 is 0 Å². The lowest BCUT2D eigenvalue weighted by Gasteiger charge is -2.17. The Morgan fingerprint density at radius 2 is 1.89 bits per heavy atom. The van der Waals surface area contributed by atoms with Crippen LogP contribution in [0.4, 0.5) is 0 Å². The molecule has 1 fully saturated rings. The maximum absolute atomic E-state index is 12.0. The molecule has 100 valence electrons. The van der Waals surface area contributed by atoms with Gasteiger partial charge in [-0.2, -0.15) is 0 Å². The molecule has 2 amide bonds. The molecule has 1 saturated carbocycles. The minimum atomic E-state index is -0.00333. The molecule has 3 unspecified atom stereocenters. The highest BCUT2D eigenvalue weighted by Crippen LogP contribution is 2.43. The van der Waals surface area contributed by atoms with Crippen LogP contribution in [-0.4, -0.2) is 24.9 Å². The second-order valence-corrected chi connectivity index (χ2v) is 5.62. The molecular formula is C14H22N2O2. The molecule has 0 heterocycles. The number of nitrogens with one attached hydrogen (secondary N) is 2. The molecule has 2 bridgehead atoms. The first kappa shape index (κ1) is 13.1. The average molecular weight is 250 g/mol. The Balaban J connectivity index is 1.64. The summed E-state index contributed by atoms with van der Waals surface area (Å²) < 4.78 is 0. The highest BCUT2D eigenvalue weighted by molar-refractivity contribution is 5.80. The zero-order valence-electron chi connectivity index (χ0n) is 11.1. The third-order valence-electron chi connectivity index (χ3n) is 3.86. The number of hydrogen-bond donors (Lipinski definition) is 2. The Bertz CT molecular complexity index is 363. The van der Waals surface area contributed by atoms with Crippen LogP contribution in [0.15, 0.2) is 12.2 Å². The van der Waals surface area contributed by atoms with Crippen LogP contribution in [0.1, 0.15) is 26.7 Å². The Kier molecular flexibility index (Phi) is 4.04. The Hall–Kier alpha value is -1.32. The van der Waals surface area contributed by atoms with Crippen LogP contribution in [0.2, 0.25) is 0 Å². The van der Waals surface area contributed by atoms with Crippen molar-refractivity contribution < 1.29 is 9.59 Å². The van der Waals surface area contributed by atoms with Gasteiger partial charge in [-0.05, 0) is 24.7 Å². The van der Waals surface area contributed by atoms with Crippen molar-refractivity contribution in [3.63, 3.8) is 0 Å². The van der Waals surface area contributed by atoms with Crippen molar-refractivity contribution in [1.29, 1.82) is 0 Å². The number of hydrogen-bond acceptors (Lipinski definition) is 2. The second-order valence-electron chi connectivity index (χ2n) is 5.62. The summed E-state index contributed by atoms with van der Waals surface area (Å²) >= 11 is 0. The summed E-state index contributed by atoms with van der Waals surface area (Å²) in [5.41, 5.74) is 0. The van der Waals surface area contributed by atoms with Gasteiger partial charge < -0.3 is 10.6 Å². The Morgan fingerprint density at radius 1 is 1.17 bits per heavy atom. The van der Waals surface area contributed by atoms with E-state index in [2.05, 4.69) is 22.8 Å². The van der Waals surface area contributed by atoms with Gasteiger partial charge in [0.05, 0.1) is 0 Å². The molecule has 4 nitrogen and oxygen atoms in total. The molecule has 0 saturated heterocycles. The van der Waals surface area contributed by atoms with Gasteiger partial charge in [0, 0.05) is 24.9 Å². The van der Waals surface area contributed by atoms with E-state index in [-0.39, 0.29) is 23.7 Å². The van der Waals surface area contributed by atoms with E-state index in [0.29, 0.717) is 24.9 Å². The number of rotatable bonds is 5. The van der Waals surface area contributed by atoms with Crippen LogP contribution in [0, 0.1) is 23.7 Å². The van der Waals surface area contributed by atoms with Crippen molar-refractivity contribution in [2.24, 2.45) is 23.7 Å². The van der Waals surface area contributed by atoms with Gasteiger partial charge in [0.1, 0.15) is 0 Å². The summed E-state index contributed by atoms with van der Waals surface area (Å²) in [7, 11) is 0. The molecule has 2 rings (SSSR count). The van der Waals surface area contributed by atoms with Crippen molar-refractivity contribution in [3.8, 4) is 0 Å². The molecule has 2 aliphatic rings. The third-order valence-corrected chi connectivity index (χ3v) is 3.86. The van der Waals surface area contributed by atoms with E-state index in [4.69, 9.17) is 0 Å². The van der Waals surface area contributed by atoms with Gasteiger partial charge in [-0.25, -0.2) is 0 Å². The maximum atomic E-state index is 12.0. The average Bonchev–Trinajstić information content (AvgIpc) is 2.95. The van der Waals surface area contributed by atoms with Gasteiger partial charge in [-0.1, -0.05) is 26.0 Å². The summed E-state index contributed by atoms with van der Waals surface area (Å²) in [6.45, 7) is 4.75. The predicted molar refractivity (Wildman–Crippen MR) is 69.7 cm³/mol. The number of fused-ring (bicyclic) bond motifs is 2. The van der Waals surface area contributed by atoms with Crippen LogP contribution in [0.3, 0.4) is 0 Å². The first-order chi connectivity index (χ1) is 8.58. The van der Waals surface area contributed by atoms with Crippen molar-refractivity contribution >= 4 is 11.8 Å². The van der Waals surface area contributed by atoms with Gasteiger partial charge >= 0.3 is 0 Å². The number of carbonyl (C=O) groups is 2. The summed E-state index contributed by atoms with van der Waals surface area (Å²) in [6.07, 6.45) is 6.55. The Morgan fingerprint density at radius 3 is 2.44 bits per heavy atom. The largest absolute Gasteiger partial charge is 0.354 e. The van der Waals surface area contributed by atoms with Crippen LogP contribution in [0.25, 0.3) is 0 Å². The molecule has 4 heteroatoms. The molecule has 18 heavy (non-hydrogen) atoms. The lowest BCUT2D eigenvalue weighted by molar-refractivity contribution is -0.126. The Labute approximate surface area is 108 Å². The van der Waals surface area contributed by atoms with Gasteiger partial charge in [0.25, 0.3) is 0 Å². The SMILES string of the molecule is CC(C)C(=O)NCCNC(=O)C1CC2C=CC1C2. The van der Waals surface area contributed by atoms with E-state index in [1.165, 1.54) is 0 Å². The smallest absolute Gasteiger partial charge is 0.223 e.